The Morgan fingerprint density at radius 3 is 2.61 bits per heavy atom. The molecule has 1 aliphatic carbocycles. The molecule has 0 saturated heterocycles. The molecule has 100 valence electrons. The number of benzene rings is 1. The molecule has 0 aliphatic heterocycles. The number of nitrogens with two attached hydrogens (primary N) is 1. The van der Waals surface area contributed by atoms with Crippen molar-refractivity contribution in [2.75, 3.05) is 6.54 Å². The summed E-state index contributed by atoms with van der Waals surface area (Å²) in [4.78, 5) is 11.7. The van der Waals surface area contributed by atoms with Gasteiger partial charge in [0.15, 0.2) is 0 Å². The first kappa shape index (κ1) is 14.9. The van der Waals surface area contributed by atoms with Crippen molar-refractivity contribution < 1.29 is 9.18 Å². The summed E-state index contributed by atoms with van der Waals surface area (Å²) in [6.07, 6.45) is 2.69. The minimum atomic E-state index is -0.461. The van der Waals surface area contributed by atoms with Crippen molar-refractivity contribution >= 4 is 18.3 Å². The number of hydrogen-bond donors (Lipinski definition) is 2. The van der Waals surface area contributed by atoms with Crippen molar-refractivity contribution in [1.29, 1.82) is 0 Å². The molecule has 0 bridgehead atoms. The third-order valence-electron chi connectivity index (χ3n) is 3.13. The maximum Gasteiger partial charge on any atom is 0.220 e. The van der Waals surface area contributed by atoms with Crippen molar-refractivity contribution in [2.45, 2.75) is 31.2 Å². The van der Waals surface area contributed by atoms with Gasteiger partial charge in [0.25, 0.3) is 0 Å². The van der Waals surface area contributed by atoms with E-state index >= 15 is 0 Å². The zero-order valence-electron chi connectivity index (χ0n) is 10.1. The van der Waals surface area contributed by atoms with Crippen LogP contribution in [0.5, 0.6) is 0 Å². The van der Waals surface area contributed by atoms with Crippen LogP contribution in [-0.2, 0) is 10.3 Å². The first-order valence-electron chi connectivity index (χ1n) is 5.94. The molecule has 1 aromatic carbocycles. The molecule has 1 aliphatic rings. The Bertz CT molecular complexity index is 421. The lowest BCUT2D eigenvalue weighted by Gasteiger charge is -2.18. The van der Waals surface area contributed by atoms with Gasteiger partial charge in [-0.15, -0.1) is 12.4 Å². The van der Waals surface area contributed by atoms with Crippen LogP contribution < -0.4 is 11.1 Å². The average molecular weight is 273 g/mol. The molecule has 0 unspecified atom stereocenters. The van der Waals surface area contributed by atoms with Crippen LogP contribution in [0.25, 0.3) is 0 Å². The average Bonchev–Trinajstić information content (AvgIpc) is 3.07. The maximum atomic E-state index is 13.7. The SMILES string of the molecule is Cl.NCCCC(=O)NC1(c2ccccc2F)CC1. The molecule has 0 heterocycles. The monoisotopic (exact) mass is 272 g/mol. The summed E-state index contributed by atoms with van der Waals surface area (Å²) in [6, 6.07) is 6.63. The third-order valence-corrected chi connectivity index (χ3v) is 3.13. The highest BCUT2D eigenvalue weighted by Gasteiger charge is 2.47. The third kappa shape index (κ3) is 3.21. The molecule has 0 atom stereocenters. The number of halogens is 2. The van der Waals surface area contributed by atoms with E-state index < -0.39 is 5.54 Å². The van der Waals surface area contributed by atoms with E-state index in [0.29, 0.717) is 24.9 Å². The van der Waals surface area contributed by atoms with Crippen molar-refractivity contribution in [2.24, 2.45) is 5.73 Å². The Kier molecular flexibility index (Phi) is 5.11. The Morgan fingerprint density at radius 1 is 1.39 bits per heavy atom. The molecule has 0 aromatic heterocycles. The second-order valence-electron chi connectivity index (χ2n) is 4.50. The molecule has 0 spiro atoms. The smallest absolute Gasteiger partial charge is 0.220 e. The lowest BCUT2D eigenvalue weighted by molar-refractivity contribution is -0.122. The number of nitrogens with one attached hydrogen (secondary N) is 1. The number of rotatable bonds is 5. The van der Waals surface area contributed by atoms with Gasteiger partial charge in [0.05, 0.1) is 5.54 Å². The van der Waals surface area contributed by atoms with Gasteiger partial charge >= 0.3 is 0 Å². The number of carbonyl (C=O) groups excluding carboxylic acids is 1. The van der Waals surface area contributed by atoms with Crippen LogP contribution in [0, 0.1) is 5.82 Å². The summed E-state index contributed by atoms with van der Waals surface area (Å²) in [6.45, 7) is 0.500. The molecule has 18 heavy (non-hydrogen) atoms. The van der Waals surface area contributed by atoms with Crippen LogP contribution in [-0.4, -0.2) is 12.5 Å². The summed E-state index contributed by atoms with van der Waals surface area (Å²) >= 11 is 0. The predicted octanol–water partition coefficient (Wildman–Crippen LogP) is 2.09. The van der Waals surface area contributed by atoms with Crippen molar-refractivity contribution in [3.05, 3.63) is 35.6 Å². The molecule has 3 N–H and O–H groups in total. The molecule has 5 heteroatoms. The first-order valence-corrected chi connectivity index (χ1v) is 5.94. The Balaban J connectivity index is 0.00000162. The zero-order chi connectivity index (χ0) is 12.3. The predicted molar refractivity (Wildman–Crippen MR) is 71.0 cm³/mol. The molecule has 1 aromatic rings. The normalized spacial score (nSPS) is 15.7. The summed E-state index contributed by atoms with van der Waals surface area (Å²) in [5, 5.41) is 2.92. The summed E-state index contributed by atoms with van der Waals surface area (Å²) in [5.74, 6) is -0.291. The van der Waals surface area contributed by atoms with Gasteiger partial charge in [0.1, 0.15) is 5.82 Å². The van der Waals surface area contributed by atoms with Crippen LogP contribution >= 0.6 is 12.4 Å². The molecule has 2 rings (SSSR count). The second-order valence-corrected chi connectivity index (χ2v) is 4.50. The Hall–Kier alpha value is -1.13. The topological polar surface area (TPSA) is 55.1 Å². The van der Waals surface area contributed by atoms with E-state index in [0.717, 1.165) is 12.8 Å². The van der Waals surface area contributed by atoms with E-state index in [4.69, 9.17) is 5.73 Å². The van der Waals surface area contributed by atoms with Crippen LogP contribution in [0.1, 0.15) is 31.2 Å². The quantitative estimate of drug-likeness (QED) is 0.862. The van der Waals surface area contributed by atoms with Gasteiger partial charge in [-0.1, -0.05) is 18.2 Å². The molecule has 3 nitrogen and oxygen atoms in total. The van der Waals surface area contributed by atoms with Crippen LogP contribution in [0.3, 0.4) is 0 Å². The van der Waals surface area contributed by atoms with Crippen molar-refractivity contribution in [1.82, 2.24) is 5.32 Å². The lowest BCUT2D eigenvalue weighted by atomic mass is 10.0. The van der Waals surface area contributed by atoms with Gasteiger partial charge in [-0.3, -0.25) is 4.79 Å². The minimum absolute atomic E-state index is 0. The highest BCUT2D eigenvalue weighted by molar-refractivity contribution is 5.85. The molecule has 1 saturated carbocycles. The van der Waals surface area contributed by atoms with E-state index in [1.165, 1.54) is 6.07 Å². The van der Waals surface area contributed by atoms with Crippen LogP contribution in [0.2, 0.25) is 0 Å². The highest BCUT2D eigenvalue weighted by Crippen LogP contribution is 2.46. The Morgan fingerprint density at radius 2 is 2.06 bits per heavy atom. The fourth-order valence-electron chi connectivity index (χ4n) is 2.03. The zero-order valence-corrected chi connectivity index (χ0v) is 10.9. The fourth-order valence-corrected chi connectivity index (χ4v) is 2.03. The molecular weight excluding hydrogens is 255 g/mol. The van der Waals surface area contributed by atoms with Crippen LogP contribution in [0.15, 0.2) is 24.3 Å². The standard InChI is InChI=1S/C13H17FN2O.ClH/c14-11-5-2-1-4-10(11)13(7-8-13)16-12(17)6-3-9-15;/h1-2,4-5H,3,6-9,15H2,(H,16,17);1H. The number of carbonyl (C=O) groups is 1. The molecular formula is C13H18ClFN2O. The molecule has 1 amide bonds. The van der Waals surface area contributed by atoms with Crippen molar-refractivity contribution in [3.63, 3.8) is 0 Å². The number of amides is 1. The summed E-state index contributed by atoms with van der Waals surface area (Å²) in [5.41, 5.74) is 5.49. The lowest BCUT2D eigenvalue weighted by Crippen LogP contribution is -2.35. The van der Waals surface area contributed by atoms with E-state index in [1.807, 2.05) is 0 Å². The van der Waals surface area contributed by atoms with E-state index in [9.17, 15) is 9.18 Å². The Labute approximate surface area is 112 Å². The van der Waals surface area contributed by atoms with E-state index in [1.54, 1.807) is 18.2 Å². The fraction of sp³-hybridized carbons (Fsp3) is 0.462. The largest absolute Gasteiger partial charge is 0.346 e. The van der Waals surface area contributed by atoms with Crippen molar-refractivity contribution in [3.8, 4) is 0 Å². The highest BCUT2D eigenvalue weighted by atomic mass is 35.5. The second kappa shape index (κ2) is 6.16. The van der Waals surface area contributed by atoms with Crippen LogP contribution in [0.4, 0.5) is 4.39 Å². The van der Waals surface area contributed by atoms with Gasteiger partial charge in [-0.2, -0.15) is 0 Å². The maximum absolute atomic E-state index is 13.7. The van der Waals surface area contributed by atoms with E-state index in [2.05, 4.69) is 5.32 Å². The molecule has 1 fully saturated rings. The number of hydrogen-bond acceptors (Lipinski definition) is 2. The van der Waals surface area contributed by atoms with Gasteiger partial charge < -0.3 is 11.1 Å². The van der Waals surface area contributed by atoms with Gasteiger partial charge in [0, 0.05) is 12.0 Å². The van der Waals surface area contributed by atoms with E-state index in [-0.39, 0.29) is 24.1 Å². The van der Waals surface area contributed by atoms with Gasteiger partial charge in [-0.05, 0) is 31.9 Å². The first-order chi connectivity index (χ1) is 8.18. The van der Waals surface area contributed by atoms with Gasteiger partial charge in [-0.25, -0.2) is 4.39 Å². The minimum Gasteiger partial charge on any atom is -0.346 e. The van der Waals surface area contributed by atoms with Gasteiger partial charge in [0.2, 0.25) is 5.91 Å². The molecule has 0 radical (unpaired) electrons. The summed E-state index contributed by atoms with van der Waals surface area (Å²) in [7, 11) is 0. The summed E-state index contributed by atoms with van der Waals surface area (Å²) < 4.78 is 13.7.